The number of carboxylic acid groups (broad SMARTS) is 2. The van der Waals surface area contributed by atoms with E-state index in [1.54, 1.807) is 54.7 Å². The summed E-state index contributed by atoms with van der Waals surface area (Å²) in [5, 5.41) is 27.7. The Morgan fingerprint density at radius 3 is 2.07 bits per heavy atom. The molecule has 0 aliphatic rings. The molecule has 0 fully saturated rings. The molecule has 0 radical (unpaired) electrons. The number of hydrogen-bond acceptors (Lipinski definition) is 4. The Balaban J connectivity index is 2.02. The first kappa shape index (κ1) is 18.5. The maximum atomic E-state index is 11.6. The van der Waals surface area contributed by atoms with Gasteiger partial charge in [0.2, 0.25) is 0 Å². The predicted octanol–water partition coefficient (Wildman–Crippen LogP) is 4.37. The molecule has 3 aromatic rings. The summed E-state index contributed by atoms with van der Waals surface area (Å²) < 4.78 is 0. The van der Waals surface area contributed by atoms with Crippen LogP contribution in [0.15, 0.2) is 71.7 Å². The van der Waals surface area contributed by atoms with Crippen molar-refractivity contribution < 1.29 is 19.8 Å². The molecule has 136 valence electrons. The van der Waals surface area contributed by atoms with Crippen LogP contribution in [0.4, 0.5) is 5.69 Å². The average molecular weight is 370 g/mol. The lowest BCUT2D eigenvalue weighted by atomic mass is 9.94. The summed E-state index contributed by atoms with van der Waals surface area (Å²) >= 11 is 0. The van der Waals surface area contributed by atoms with E-state index in [-0.39, 0.29) is 16.7 Å². The van der Waals surface area contributed by atoms with Crippen LogP contribution in [-0.2, 0) is 0 Å². The molecular formula is C22H14N2O4. The van der Waals surface area contributed by atoms with E-state index in [1.165, 1.54) is 18.2 Å². The van der Waals surface area contributed by atoms with Gasteiger partial charge in [-0.3, -0.25) is 4.99 Å². The lowest BCUT2D eigenvalue weighted by Crippen LogP contribution is -2.06. The summed E-state index contributed by atoms with van der Waals surface area (Å²) in [6.45, 7) is 0. The summed E-state index contributed by atoms with van der Waals surface area (Å²) in [6.07, 6.45) is 1.61. The van der Waals surface area contributed by atoms with Gasteiger partial charge in [0.1, 0.15) is 0 Å². The molecule has 0 unspecified atom stereocenters. The molecule has 0 heterocycles. The first-order valence-electron chi connectivity index (χ1n) is 8.24. The van der Waals surface area contributed by atoms with Crippen molar-refractivity contribution in [3.05, 3.63) is 89.0 Å². The molecule has 28 heavy (non-hydrogen) atoms. The topological polar surface area (TPSA) is 111 Å². The molecule has 6 heteroatoms. The van der Waals surface area contributed by atoms with E-state index < -0.39 is 11.9 Å². The number of carbonyl (C=O) groups is 2. The summed E-state index contributed by atoms with van der Waals surface area (Å²) in [5.74, 6) is -2.41. The Labute approximate surface area is 160 Å². The summed E-state index contributed by atoms with van der Waals surface area (Å²) in [6, 6.07) is 19.8. The van der Waals surface area contributed by atoms with Crippen LogP contribution in [0.3, 0.4) is 0 Å². The summed E-state index contributed by atoms with van der Waals surface area (Å²) in [4.78, 5) is 27.5. The van der Waals surface area contributed by atoms with Crippen LogP contribution < -0.4 is 0 Å². The van der Waals surface area contributed by atoms with Gasteiger partial charge < -0.3 is 10.2 Å². The number of aliphatic imine (C=N–C) groups is 1. The van der Waals surface area contributed by atoms with Crippen LogP contribution in [0.1, 0.15) is 31.8 Å². The number of nitrogens with zero attached hydrogens (tertiary/aromatic N) is 2. The molecule has 0 saturated heterocycles. The predicted molar refractivity (Wildman–Crippen MR) is 104 cm³/mol. The fourth-order valence-corrected chi connectivity index (χ4v) is 2.75. The smallest absolute Gasteiger partial charge is 0.336 e. The second kappa shape index (κ2) is 7.98. The molecule has 0 aliphatic carbocycles. The Hall–Kier alpha value is -4.24. The quantitative estimate of drug-likeness (QED) is 0.648. The van der Waals surface area contributed by atoms with Crippen molar-refractivity contribution in [2.45, 2.75) is 0 Å². The van der Waals surface area contributed by atoms with Gasteiger partial charge in [-0.15, -0.1) is 0 Å². The zero-order valence-electron chi connectivity index (χ0n) is 14.5. The molecule has 0 aliphatic heterocycles. The highest BCUT2D eigenvalue weighted by Gasteiger charge is 2.19. The largest absolute Gasteiger partial charge is 0.478 e. The van der Waals surface area contributed by atoms with Crippen molar-refractivity contribution in [3.63, 3.8) is 0 Å². The standard InChI is InChI=1S/C22H14N2O4/c23-12-14-7-9-15(10-8-14)13-24-17-4-1-3-16(11-17)20-18(21(25)26)5-2-6-19(20)22(27)28/h1-11,13H,(H,25,26)(H,27,28). The fourth-order valence-electron chi connectivity index (χ4n) is 2.75. The van der Waals surface area contributed by atoms with E-state index in [1.807, 2.05) is 6.07 Å². The third-order valence-electron chi connectivity index (χ3n) is 4.06. The van der Waals surface area contributed by atoms with Gasteiger partial charge in [-0.25, -0.2) is 9.59 Å². The molecule has 0 spiro atoms. The van der Waals surface area contributed by atoms with Gasteiger partial charge in [0.15, 0.2) is 0 Å². The Kier molecular flexibility index (Phi) is 5.28. The van der Waals surface area contributed by atoms with E-state index in [4.69, 9.17) is 5.26 Å². The molecule has 6 nitrogen and oxygen atoms in total. The minimum Gasteiger partial charge on any atom is -0.478 e. The lowest BCUT2D eigenvalue weighted by molar-refractivity contribution is 0.0696. The molecular weight excluding hydrogens is 356 g/mol. The monoisotopic (exact) mass is 370 g/mol. The second-order valence-corrected chi connectivity index (χ2v) is 5.88. The van der Waals surface area contributed by atoms with Gasteiger partial charge in [-0.2, -0.15) is 5.26 Å². The van der Waals surface area contributed by atoms with Crippen LogP contribution in [-0.4, -0.2) is 28.4 Å². The van der Waals surface area contributed by atoms with Crippen LogP contribution in [0.5, 0.6) is 0 Å². The number of benzene rings is 3. The number of rotatable bonds is 5. The van der Waals surface area contributed by atoms with Crippen molar-refractivity contribution in [2.24, 2.45) is 4.99 Å². The number of aromatic carboxylic acids is 2. The van der Waals surface area contributed by atoms with Gasteiger partial charge in [0.25, 0.3) is 0 Å². The van der Waals surface area contributed by atoms with E-state index in [9.17, 15) is 19.8 Å². The maximum absolute atomic E-state index is 11.6. The van der Waals surface area contributed by atoms with E-state index in [0.717, 1.165) is 5.56 Å². The second-order valence-electron chi connectivity index (χ2n) is 5.88. The average Bonchev–Trinajstić information content (AvgIpc) is 2.72. The van der Waals surface area contributed by atoms with Gasteiger partial charge in [0.05, 0.1) is 28.4 Å². The van der Waals surface area contributed by atoms with Crippen molar-refractivity contribution in [1.29, 1.82) is 5.26 Å². The number of hydrogen-bond donors (Lipinski definition) is 2. The maximum Gasteiger partial charge on any atom is 0.336 e. The SMILES string of the molecule is N#Cc1ccc(C=Nc2cccc(-c3c(C(=O)O)cccc3C(=O)O)c2)cc1. The highest BCUT2D eigenvalue weighted by atomic mass is 16.4. The number of nitriles is 1. The molecule has 3 rings (SSSR count). The molecule has 0 aromatic heterocycles. The Morgan fingerprint density at radius 2 is 1.50 bits per heavy atom. The third-order valence-corrected chi connectivity index (χ3v) is 4.06. The fraction of sp³-hybridized carbons (Fsp3) is 0. The summed E-state index contributed by atoms with van der Waals surface area (Å²) in [7, 11) is 0. The zero-order chi connectivity index (χ0) is 20.1. The normalized spacial score (nSPS) is 10.5. The minimum absolute atomic E-state index is 0.0897. The summed E-state index contributed by atoms with van der Waals surface area (Å²) in [5.41, 5.74) is 2.29. The first-order chi connectivity index (χ1) is 13.5. The van der Waals surface area contributed by atoms with Gasteiger partial charge in [0, 0.05) is 11.8 Å². The van der Waals surface area contributed by atoms with Gasteiger partial charge >= 0.3 is 11.9 Å². The molecule has 0 amide bonds. The van der Waals surface area contributed by atoms with Crippen LogP contribution in [0.25, 0.3) is 11.1 Å². The van der Waals surface area contributed by atoms with Crippen LogP contribution in [0, 0.1) is 11.3 Å². The van der Waals surface area contributed by atoms with Crippen molar-refractivity contribution >= 4 is 23.8 Å². The van der Waals surface area contributed by atoms with Crippen molar-refractivity contribution in [2.75, 3.05) is 0 Å². The van der Waals surface area contributed by atoms with Crippen LogP contribution in [0.2, 0.25) is 0 Å². The van der Waals surface area contributed by atoms with Crippen molar-refractivity contribution in [3.8, 4) is 17.2 Å². The highest BCUT2D eigenvalue weighted by Crippen LogP contribution is 2.31. The van der Waals surface area contributed by atoms with Crippen molar-refractivity contribution in [1.82, 2.24) is 0 Å². The Morgan fingerprint density at radius 1 is 0.893 bits per heavy atom. The zero-order valence-corrected chi connectivity index (χ0v) is 14.5. The van der Waals surface area contributed by atoms with E-state index in [0.29, 0.717) is 16.8 Å². The van der Waals surface area contributed by atoms with E-state index >= 15 is 0 Å². The third kappa shape index (κ3) is 3.94. The number of carboxylic acids is 2. The molecule has 0 saturated carbocycles. The van der Waals surface area contributed by atoms with E-state index in [2.05, 4.69) is 4.99 Å². The van der Waals surface area contributed by atoms with Gasteiger partial charge in [-0.1, -0.05) is 30.3 Å². The minimum atomic E-state index is -1.20. The molecule has 2 N–H and O–H groups in total. The molecule has 0 bridgehead atoms. The van der Waals surface area contributed by atoms with Crippen LogP contribution >= 0.6 is 0 Å². The Bertz CT molecular complexity index is 1090. The highest BCUT2D eigenvalue weighted by molar-refractivity contribution is 6.05. The first-order valence-corrected chi connectivity index (χ1v) is 8.24. The molecule has 3 aromatic carbocycles. The lowest BCUT2D eigenvalue weighted by Gasteiger charge is -2.10. The molecule has 0 atom stereocenters. The van der Waals surface area contributed by atoms with Gasteiger partial charge in [-0.05, 0) is 47.5 Å².